The Bertz CT molecular complexity index is 1160. The van der Waals surface area contributed by atoms with Crippen molar-refractivity contribution >= 4 is 23.8 Å². The van der Waals surface area contributed by atoms with E-state index in [1.54, 1.807) is 58.9 Å². The summed E-state index contributed by atoms with van der Waals surface area (Å²) in [5.41, 5.74) is 6.56. The van der Waals surface area contributed by atoms with E-state index in [9.17, 15) is 19.2 Å². The van der Waals surface area contributed by atoms with Gasteiger partial charge in [0, 0.05) is 18.2 Å². The van der Waals surface area contributed by atoms with Crippen LogP contribution in [0.5, 0.6) is 0 Å². The van der Waals surface area contributed by atoms with Crippen molar-refractivity contribution in [2.45, 2.75) is 71.3 Å². The molecule has 9 heteroatoms. The van der Waals surface area contributed by atoms with Crippen LogP contribution in [0, 0.1) is 12.3 Å². The second-order valence-corrected chi connectivity index (χ2v) is 10.1. The third-order valence-corrected chi connectivity index (χ3v) is 5.43. The predicted octanol–water partition coefficient (Wildman–Crippen LogP) is 3.03. The van der Waals surface area contributed by atoms with Crippen molar-refractivity contribution in [1.82, 2.24) is 15.5 Å². The van der Waals surface area contributed by atoms with Crippen LogP contribution in [0.2, 0.25) is 0 Å². The summed E-state index contributed by atoms with van der Waals surface area (Å²) in [6.45, 7) is 8.72. The number of nitrogens with two attached hydrogens (primary N) is 1. The van der Waals surface area contributed by atoms with E-state index in [0.29, 0.717) is 11.1 Å². The molecule has 0 saturated carbocycles. The lowest BCUT2D eigenvalue weighted by molar-refractivity contribution is -0.145. The number of ether oxygens (including phenoxy) is 1. The second-order valence-electron chi connectivity index (χ2n) is 10.1. The Morgan fingerprint density at radius 1 is 1.03 bits per heavy atom. The van der Waals surface area contributed by atoms with Crippen LogP contribution in [-0.4, -0.2) is 46.4 Å². The SMILES string of the molecule is C#Cc1ccc(C(C(=O)NCc2ccccc2)N(C(=O)C(CC(N)=O)NC(=O)OC(C)(C)C)C(C)C)cc1. The third kappa shape index (κ3) is 8.96. The molecule has 0 bridgehead atoms. The Balaban J connectivity index is 2.47. The number of hydrogen-bond acceptors (Lipinski definition) is 5. The van der Waals surface area contributed by atoms with Gasteiger partial charge in [0.15, 0.2) is 0 Å². The smallest absolute Gasteiger partial charge is 0.408 e. The van der Waals surface area contributed by atoms with E-state index in [2.05, 4.69) is 16.6 Å². The van der Waals surface area contributed by atoms with Crippen LogP contribution >= 0.6 is 0 Å². The van der Waals surface area contributed by atoms with Crippen LogP contribution in [0.4, 0.5) is 4.79 Å². The van der Waals surface area contributed by atoms with Crippen LogP contribution < -0.4 is 16.4 Å². The number of amides is 4. The first-order valence-corrected chi connectivity index (χ1v) is 12.3. The van der Waals surface area contributed by atoms with E-state index in [0.717, 1.165) is 5.56 Å². The molecule has 38 heavy (non-hydrogen) atoms. The maximum Gasteiger partial charge on any atom is 0.408 e. The van der Waals surface area contributed by atoms with Gasteiger partial charge in [-0.05, 0) is 57.9 Å². The summed E-state index contributed by atoms with van der Waals surface area (Å²) in [4.78, 5) is 53.2. The number of alkyl carbamates (subject to hydrolysis) is 1. The molecule has 2 aromatic rings. The van der Waals surface area contributed by atoms with Gasteiger partial charge < -0.3 is 26.0 Å². The van der Waals surface area contributed by atoms with Gasteiger partial charge in [-0.2, -0.15) is 0 Å². The number of terminal acetylenes is 1. The molecule has 9 nitrogen and oxygen atoms in total. The minimum absolute atomic E-state index is 0.236. The molecule has 4 amide bonds. The molecule has 0 aliphatic rings. The molecule has 0 aliphatic heterocycles. The molecule has 0 aliphatic carbocycles. The third-order valence-electron chi connectivity index (χ3n) is 5.43. The van der Waals surface area contributed by atoms with Crippen LogP contribution in [-0.2, 0) is 25.7 Å². The molecule has 0 heterocycles. The zero-order chi connectivity index (χ0) is 28.5. The number of benzene rings is 2. The first-order chi connectivity index (χ1) is 17.8. The van der Waals surface area contributed by atoms with E-state index in [-0.39, 0.29) is 6.54 Å². The Kier molecular flexibility index (Phi) is 10.5. The predicted molar refractivity (Wildman–Crippen MR) is 144 cm³/mol. The van der Waals surface area contributed by atoms with Gasteiger partial charge >= 0.3 is 6.09 Å². The number of rotatable bonds is 10. The Hall–Kier alpha value is -4.32. The normalized spacial score (nSPS) is 12.6. The van der Waals surface area contributed by atoms with Gasteiger partial charge in [0.2, 0.25) is 17.7 Å². The van der Waals surface area contributed by atoms with Crippen molar-refractivity contribution in [3.8, 4) is 12.3 Å². The monoisotopic (exact) mass is 520 g/mol. The number of carbonyl (C=O) groups excluding carboxylic acids is 4. The molecule has 202 valence electrons. The number of nitrogens with zero attached hydrogens (tertiary/aromatic N) is 1. The van der Waals surface area contributed by atoms with E-state index in [1.165, 1.54) is 4.90 Å². The van der Waals surface area contributed by atoms with E-state index in [4.69, 9.17) is 16.9 Å². The highest BCUT2D eigenvalue weighted by Gasteiger charge is 2.38. The highest BCUT2D eigenvalue weighted by atomic mass is 16.6. The summed E-state index contributed by atoms with van der Waals surface area (Å²) in [6.07, 6.45) is 4.13. The van der Waals surface area contributed by atoms with Crippen LogP contribution in [0.3, 0.4) is 0 Å². The summed E-state index contributed by atoms with van der Waals surface area (Å²) in [7, 11) is 0. The number of primary amides is 1. The second kappa shape index (κ2) is 13.3. The molecule has 0 saturated heterocycles. The summed E-state index contributed by atoms with van der Waals surface area (Å²) in [5, 5.41) is 5.34. The minimum Gasteiger partial charge on any atom is -0.444 e. The van der Waals surface area contributed by atoms with Crippen molar-refractivity contribution in [2.24, 2.45) is 5.73 Å². The highest BCUT2D eigenvalue weighted by Crippen LogP contribution is 2.26. The summed E-state index contributed by atoms with van der Waals surface area (Å²) in [5.74, 6) is 0.624. The van der Waals surface area contributed by atoms with Crippen LogP contribution in [0.15, 0.2) is 54.6 Å². The van der Waals surface area contributed by atoms with Gasteiger partial charge in [0.1, 0.15) is 17.7 Å². The standard InChI is InChI=1S/C29H36N4O5/c1-7-20-13-15-22(16-14-20)25(26(35)31-18-21-11-9-8-10-12-21)33(19(2)3)27(36)23(17-24(30)34)32-28(37)38-29(4,5)6/h1,8-16,19,23,25H,17-18H2,2-6H3,(H2,30,34)(H,31,35)(H,32,37). The Labute approximate surface area is 224 Å². The zero-order valence-electron chi connectivity index (χ0n) is 22.5. The van der Waals surface area contributed by atoms with Crippen molar-refractivity contribution < 1.29 is 23.9 Å². The molecule has 2 rings (SSSR count). The van der Waals surface area contributed by atoms with Crippen LogP contribution in [0.1, 0.15) is 63.8 Å². The Morgan fingerprint density at radius 3 is 2.13 bits per heavy atom. The molecular weight excluding hydrogens is 484 g/mol. The number of nitrogens with one attached hydrogen (secondary N) is 2. The van der Waals surface area contributed by atoms with Gasteiger partial charge in [-0.3, -0.25) is 14.4 Å². The summed E-state index contributed by atoms with van der Waals surface area (Å²) in [6, 6.07) is 13.1. The molecule has 0 aromatic heterocycles. The van der Waals surface area contributed by atoms with E-state index >= 15 is 0 Å². The van der Waals surface area contributed by atoms with Gasteiger partial charge in [0.05, 0.1) is 6.42 Å². The topological polar surface area (TPSA) is 131 Å². The number of hydrogen-bond donors (Lipinski definition) is 3. The largest absolute Gasteiger partial charge is 0.444 e. The van der Waals surface area contributed by atoms with Crippen molar-refractivity contribution in [1.29, 1.82) is 0 Å². The van der Waals surface area contributed by atoms with Gasteiger partial charge in [-0.1, -0.05) is 48.4 Å². The molecule has 0 fully saturated rings. The molecule has 2 unspecified atom stereocenters. The lowest BCUT2D eigenvalue weighted by atomic mass is 9.99. The van der Waals surface area contributed by atoms with Gasteiger partial charge in [-0.15, -0.1) is 6.42 Å². The highest BCUT2D eigenvalue weighted by molar-refractivity contribution is 5.94. The van der Waals surface area contributed by atoms with E-state index < -0.39 is 54.0 Å². The first kappa shape index (κ1) is 29.9. The van der Waals surface area contributed by atoms with Crippen molar-refractivity contribution in [3.63, 3.8) is 0 Å². The maximum absolute atomic E-state index is 13.9. The fourth-order valence-electron chi connectivity index (χ4n) is 3.79. The fraction of sp³-hybridized carbons (Fsp3) is 0.379. The molecule has 0 spiro atoms. The fourth-order valence-corrected chi connectivity index (χ4v) is 3.79. The average Bonchev–Trinajstić information content (AvgIpc) is 2.84. The number of carbonyl (C=O) groups is 4. The first-order valence-electron chi connectivity index (χ1n) is 12.3. The van der Waals surface area contributed by atoms with Crippen molar-refractivity contribution in [3.05, 3.63) is 71.3 Å². The zero-order valence-corrected chi connectivity index (χ0v) is 22.5. The lowest BCUT2D eigenvalue weighted by Crippen LogP contribution is -2.55. The Morgan fingerprint density at radius 2 is 1.63 bits per heavy atom. The summed E-state index contributed by atoms with van der Waals surface area (Å²) < 4.78 is 5.27. The lowest BCUT2D eigenvalue weighted by Gasteiger charge is -2.37. The molecular formula is C29H36N4O5. The van der Waals surface area contributed by atoms with Gasteiger partial charge in [-0.25, -0.2) is 4.79 Å². The average molecular weight is 521 g/mol. The quantitative estimate of drug-likeness (QED) is 0.415. The van der Waals surface area contributed by atoms with Crippen molar-refractivity contribution in [2.75, 3.05) is 0 Å². The molecule has 2 aromatic carbocycles. The molecule has 0 radical (unpaired) electrons. The maximum atomic E-state index is 13.9. The summed E-state index contributed by atoms with van der Waals surface area (Å²) >= 11 is 0. The molecule has 4 N–H and O–H groups in total. The van der Waals surface area contributed by atoms with E-state index in [1.807, 2.05) is 30.3 Å². The molecule has 2 atom stereocenters. The van der Waals surface area contributed by atoms with Crippen LogP contribution in [0.25, 0.3) is 0 Å². The minimum atomic E-state index is -1.35. The van der Waals surface area contributed by atoms with Gasteiger partial charge in [0.25, 0.3) is 0 Å².